The summed E-state index contributed by atoms with van der Waals surface area (Å²) in [5.74, 6) is 0.149. The third-order valence-electron chi connectivity index (χ3n) is 4.21. The van der Waals surface area contributed by atoms with Crippen molar-refractivity contribution in [3.05, 3.63) is 40.9 Å². The molecule has 0 fully saturated rings. The van der Waals surface area contributed by atoms with Gasteiger partial charge in [-0.3, -0.25) is 0 Å². The van der Waals surface area contributed by atoms with Gasteiger partial charge in [-0.2, -0.15) is 18.2 Å². The standard InChI is InChI=1S/C20H22ClF3N6O2S/c1-19(2,3)30-33(31)15-6-5-10(7-14(15)32-4)16-12(20(22,23)24)8-11(9-13(16)21)26-18-27-17(25)28-29-18/h5-9,30H,1-4H3,(H4,25,26,27,28,29). The van der Waals surface area contributed by atoms with Crippen molar-refractivity contribution in [2.24, 2.45) is 0 Å². The number of rotatable bonds is 6. The van der Waals surface area contributed by atoms with Crippen LogP contribution in [0, 0.1) is 0 Å². The van der Waals surface area contributed by atoms with Gasteiger partial charge < -0.3 is 15.8 Å². The molecule has 3 aromatic rings. The number of H-pyrrole nitrogens is 1. The molecule has 13 heteroatoms. The Morgan fingerprint density at radius 2 is 1.88 bits per heavy atom. The molecule has 0 aliphatic heterocycles. The fraction of sp³-hybridized carbons (Fsp3) is 0.300. The van der Waals surface area contributed by atoms with Gasteiger partial charge in [0, 0.05) is 16.8 Å². The monoisotopic (exact) mass is 502 g/mol. The van der Waals surface area contributed by atoms with Crippen molar-refractivity contribution in [2.75, 3.05) is 18.2 Å². The van der Waals surface area contributed by atoms with Gasteiger partial charge in [0.15, 0.2) is 0 Å². The van der Waals surface area contributed by atoms with Crippen molar-refractivity contribution < 1.29 is 22.1 Å². The van der Waals surface area contributed by atoms with Gasteiger partial charge in [-0.1, -0.05) is 17.7 Å². The van der Waals surface area contributed by atoms with Gasteiger partial charge in [0.05, 0.1) is 22.6 Å². The molecule has 0 aliphatic carbocycles. The lowest BCUT2D eigenvalue weighted by atomic mass is 9.98. The molecule has 33 heavy (non-hydrogen) atoms. The van der Waals surface area contributed by atoms with Crippen molar-refractivity contribution in [3.8, 4) is 16.9 Å². The van der Waals surface area contributed by atoms with Gasteiger partial charge >= 0.3 is 6.18 Å². The molecule has 0 bridgehead atoms. The molecule has 3 rings (SSSR count). The molecule has 8 nitrogen and oxygen atoms in total. The Balaban J connectivity index is 2.08. The van der Waals surface area contributed by atoms with Gasteiger partial charge in [0.25, 0.3) is 0 Å². The summed E-state index contributed by atoms with van der Waals surface area (Å²) >= 11 is 6.31. The van der Waals surface area contributed by atoms with Crippen LogP contribution in [0.2, 0.25) is 5.02 Å². The third-order valence-corrected chi connectivity index (χ3v) is 6.04. The molecule has 0 amide bonds. The van der Waals surface area contributed by atoms with Crippen molar-refractivity contribution >= 4 is 40.2 Å². The zero-order valence-electron chi connectivity index (χ0n) is 18.1. The van der Waals surface area contributed by atoms with E-state index in [1.54, 1.807) is 0 Å². The van der Waals surface area contributed by atoms with Crippen LogP contribution in [0.25, 0.3) is 11.1 Å². The maximum absolute atomic E-state index is 14.0. The number of hydrogen-bond donors (Lipinski definition) is 4. The zero-order valence-corrected chi connectivity index (χ0v) is 19.7. The number of nitrogens with two attached hydrogens (primary N) is 1. The summed E-state index contributed by atoms with van der Waals surface area (Å²) in [7, 11) is -0.302. The number of nitrogens with zero attached hydrogens (tertiary/aromatic N) is 2. The summed E-state index contributed by atoms with van der Waals surface area (Å²) in [6.45, 7) is 5.51. The molecule has 0 aliphatic rings. The van der Waals surface area contributed by atoms with Gasteiger partial charge in [-0.05, 0) is 50.6 Å². The average molecular weight is 503 g/mol. The number of hydrogen-bond acceptors (Lipinski definition) is 6. The van der Waals surface area contributed by atoms with Crippen LogP contribution in [0.15, 0.2) is 35.2 Å². The maximum Gasteiger partial charge on any atom is 0.417 e. The lowest BCUT2D eigenvalue weighted by molar-refractivity contribution is -0.137. The van der Waals surface area contributed by atoms with Crippen LogP contribution in [0.1, 0.15) is 26.3 Å². The number of aromatic nitrogens is 3. The molecular formula is C20H22ClF3N6O2S. The quantitative estimate of drug-likeness (QED) is 0.381. The highest BCUT2D eigenvalue weighted by Crippen LogP contribution is 2.44. The first-order valence-electron chi connectivity index (χ1n) is 9.52. The van der Waals surface area contributed by atoms with Crippen LogP contribution >= 0.6 is 11.6 Å². The minimum absolute atomic E-state index is 0.00165. The summed E-state index contributed by atoms with van der Waals surface area (Å²) in [4.78, 5) is 4.10. The van der Waals surface area contributed by atoms with Crippen molar-refractivity contribution in [2.45, 2.75) is 37.4 Å². The van der Waals surface area contributed by atoms with Gasteiger partial charge in [-0.15, -0.1) is 5.10 Å². The second-order valence-electron chi connectivity index (χ2n) is 8.03. The van der Waals surface area contributed by atoms with E-state index in [4.69, 9.17) is 22.1 Å². The predicted octanol–water partition coefficient (Wildman–Crippen LogP) is 4.89. The van der Waals surface area contributed by atoms with Crippen LogP contribution in [0.5, 0.6) is 5.75 Å². The van der Waals surface area contributed by atoms with E-state index in [-0.39, 0.29) is 39.5 Å². The van der Waals surface area contributed by atoms with E-state index in [0.717, 1.165) is 6.07 Å². The smallest absolute Gasteiger partial charge is 0.417 e. The Morgan fingerprint density at radius 3 is 2.42 bits per heavy atom. The molecule has 1 aromatic heterocycles. The molecule has 0 saturated carbocycles. The fourth-order valence-corrected chi connectivity index (χ4v) is 4.48. The van der Waals surface area contributed by atoms with E-state index in [1.165, 1.54) is 31.4 Å². The number of anilines is 3. The number of halogens is 4. The summed E-state index contributed by atoms with van der Waals surface area (Å²) in [6, 6.07) is 6.45. The fourth-order valence-electron chi connectivity index (χ4n) is 2.96. The second-order valence-corrected chi connectivity index (χ2v) is 9.62. The summed E-state index contributed by atoms with van der Waals surface area (Å²) < 4.78 is 62.8. The predicted molar refractivity (Wildman–Crippen MR) is 122 cm³/mol. The van der Waals surface area contributed by atoms with E-state index < -0.39 is 28.3 Å². The lowest BCUT2D eigenvalue weighted by Crippen LogP contribution is -2.37. The maximum atomic E-state index is 14.0. The first-order chi connectivity index (χ1) is 15.3. The summed E-state index contributed by atoms with van der Waals surface area (Å²) in [5, 5.41) is 8.59. The van der Waals surface area contributed by atoms with E-state index in [0.29, 0.717) is 4.90 Å². The van der Waals surface area contributed by atoms with Crippen molar-refractivity contribution in [1.82, 2.24) is 19.9 Å². The summed E-state index contributed by atoms with van der Waals surface area (Å²) in [6.07, 6.45) is -4.72. The molecule has 2 aromatic carbocycles. The van der Waals surface area contributed by atoms with Crippen LogP contribution < -0.4 is 20.5 Å². The highest BCUT2D eigenvalue weighted by Gasteiger charge is 2.36. The number of nitrogen functional groups attached to an aromatic ring is 1. The molecule has 178 valence electrons. The highest BCUT2D eigenvalue weighted by atomic mass is 35.5. The van der Waals surface area contributed by atoms with Crippen LogP contribution in [0.3, 0.4) is 0 Å². The Kier molecular flexibility index (Phi) is 6.91. The molecule has 1 atom stereocenters. The largest absolute Gasteiger partial charge is 0.495 e. The van der Waals surface area contributed by atoms with Gasteiger partial charge in [0.1, 0.15) is 16.7 Å². The van der Waals surface area contributed by atoms with Crippen molar-refractivity contribution in [1.29, 1.82) is 0 Å². The highest BCUT2D eigenvalue weighted by molar-refractivity contribution is 7.83. The summed E-state index contributed by atoms with van der Waals surface area (Å²) in [5.41, 5.74) is 3.92. The van der Waals surface area contributed by atoms with Crippen LogP contribution in [-0.2, 0) is 17.2 Å². The van der Waals surface area contributed by atoms with Crippen LogP contribution in [0.4, 0.5) is 30.8 Å². The van der Waals surface area contributed by atoms with E-state index in [2.05, 4.69) is 25.2 Å². The molecule has 0 spiro atoms. The molecule has 0 radical (unpaired) electrons. The van der Waals surface area contributed by atoms with E-state index in [9.17, 15) is 17.4 Å². The Bertz CT molecular complexity index is 1190. The van der Waals surface area contributed by atoms with E-state index in [1.807, 2.05) is 20.8 Å². The Labute approximate surface area is 195 Å². The molecule has 0 saturated heterocycles. The molecule has 1 heterocycles. The third kappa shape index (κ3) is 5.95. The molecule has 5 N–H and O–H groups in total. The number of nitrogens with one attached hydrogen (secondary N) is 3. The lowest BCUT2D eigenvalue weighted by Gasteiger charge is -2.21. The average Bonchev–Trinajstić information content (AvgIpc) is 3.09. The van der Waals surface area contributed by atoms with Crippen molar-refractivity contribution in [3.63, 3.8) is 0 Å². The minimum Gasteiger partial charge on any atom is -0.495 e. The first kappa shape index (κ1) is 24.8. The number of ether oxygens (including phenoxy) is 1. The Morgan fingerprint density at radius 1 is 1.18 bits per heavy atom. The number of alkyl halides is 3. The zero-order chi connectivity index (χ0) is 24.6. The SMILES string of the molecule is COc1cc(-c2c(Cl)cc(Nc3n[nH]c(N)n3)cc2C(F)(F)F)ccc1S(=O)NC(C)(C)C. The number of methoxy groups -OCH3 is 1. The second kappa shape index (κ2) is 9.20. The number of aromatic amines is 1. The Hall–Kier alpha value is -2.83. The minimum atomic E-state index is -4.72. The van der Waals surface area contributed by atoms with Gasteiger partial charge in [-0.25, -0.2) is 14.0 Å². The van der Waals surface area contributed by atoms with Gasteiger partial charge in [0.2, 0.25) is 11.9 Å². The molecule has 1 unspecified atom stereocenters. The number of benzene rings is 2. The topological polar surface area (TPSA) is 118 Å². The van der Waals surface area contributed by atoms with Crippen LogP contribution in [-0.4, -0.2) is 32.0 Å². The first-order valence-corrected chi connectivity index (χ1v) is 11.0. The van der Waals surface area contributed by atoms with E-state index >= 15 is 0 Å². The normalized spacial score (nSPS) is 13.1. The molecular weight excluding hydrogens is 481 g/mol.